The Morgan fingerprint density at radius 1 is 1.06 bits per heavy atom. The van der Waals surface area contributed by atoms with Gasteiger partial charge in [0, 0.05) is 12.0 Å². The lowest BCUT2D eigenvalue weighted by Crippen LogP contribution is -2.71. The van der Waals surface area contributed by atoms with Crippen molar-refractivity contribution in [3.8, 4) is 0 Å². The molecule has 198 valence electrons. The fraction of sp³-hybridized carbons (Fsp3) is 0.920. The number of halogens is 2. The van der Waals surface area contributed by atoms with Gasteiger partial charge in [0.15, 0.2) is 6.10 Å². The van der Waals surface area contributed by atoms with Crippen LogP contribution in [-0.4, -0.2) is 83.3 Å². The first-order valence-electron chi connectivity index (χ1n) is 13.3. The normalized spacial score (nSPS) is 45.4. The lowest BCUT2D eigenvalue weighted by atomic mass is 9.60. The summed E-state index contributed by atoms with van der Waals surface area (Å²) in [6.45, 7) is 0.111. The Bertz CT molecular complexity index is 794. The molecule has 1 saturated heterocycles. The predicted molar refractivity (Wildman–Crippen MR) is 126 cm³/mol. The highest BCUT2D eigenvalue weighted by Gasteiger charge is 2.56. The number of ether oxygens (including phenoxy) is 3. The number of amides is 2. The van der Waals surface area contributed by atoms with E-state index in [0.717, 1.165) is 25.7 Å². The number of hydrogen-bond acceptors (Lipinski definition) is 6. The zero-order valence-electron chi connectivity index (χ0n) is 20.2. The summed E-state index contributed by atoms with van der Waals surface area (Å²) >= 11 is 5.92. The van der Waals surface area contributed by atoms with Crippen LogP contribution in [-0.2, 0) is 23.8 Å². The number of nitrogens with one attached hydrogen (secondary N) is 2. The smallest absolute Gasteiger partial charge is 0.252 e. The van der Waals surface area contributed by atoms with Gasteiger partial charge in [-0.05, 0) is 57.8 Å². The second-order valence-corrected chi connectivity index (χ2v) is 11.9. The van der Waals surface area contributed by atoms with E-state index in [1.165, 1.54) is 0 Å². The van der Waals surface area contributed by atoms with E-state index in [0.29, 0.717) is 44.9 Å². The summed E-state index contributed by atoms with van der Waals surface area (Å²) in [7, 11) is 0. The van der Waals surface area contributed by atoms with Gasteiger partial charge in [-0.25, -0.2) is 4.39 Å². The van der Waals surface area contributed by atoms with Crippen molar-refractivity contribution in [2.75, 3.05) is 13.2 Å². The van der Waals surface area contributed by atoms with Crippen molar-refractivity contribution >= 4 is 23.4 Å². The van der Waals surface area contributed by atoms with Gasteiger partial charge in [0.25, 0.3) is 5.91 Å². The molecule has 10 heteroatoms. The molecule has 0 radical (unpaired) electrons. The number of carbonyl (C=O) groups is 2. The van der Waals surface area contributed by atoms with Crippen LogP contribution in [0.3, 0.4) is 0 Å². The molecule has 7 atom stereocenters. The first kappa shape index (κ1) is 25.6. The van der Waals surface area contributed by atoms with Crippen molar-refractivity contribution in [1.82, 2.24) is 10.6 Å². The molecular formula is C25H38ClFN2O6. The Morgan fingerprint density at radius 3 is 2.51 bits per heavy atom. The Hall–Kier alpha value is -1.00. The van der Waals surface area contributed by atoms with E-state index in [-0.39, 0.29) is 49.8 Å². The summed E-state index contributed by atoms with van der Waals surface area (Å²) in [6, 6.07) is 0. The monoisotopic (exact) mass is 516 g/mol. The van der Waals surface area contributed by atoms with Gasteiger partial charge >= 0.3 is 0 Å². The highest BCUT2D eigenvalue weighted by atomic mass is 35.5. The lowest BCUT2D eigenvalue weighted by Gasteiger charge is -2.56. The Balaban J connectivity index is 1.10. The third-order valence-corrected chi connectivity index (χ3v) is 9.42. The highest BCUT2D eigenvalue weighted by molar-refractivity contribution is 6.21. The number of hydrogen-bond donors (Lipinski definition) is 3. The molecule has 1 aliphatic heterocycles. The van der Waals surface area contributed by atoms with Gasteiger partial charge < -0.3 is 30.0 Å². The molecule has 8 nitrogen and oxygen atoms in total. The summed E-state index contributed by atoms with van der Waals surface area (Å²) in [5.74, 6) is -0.480. The maximum absolute atomic E-state index is 13.8. The van der Waals surface area contributed by atoms with E-state index in [2.05, 4.69) is 10.6 Å². The van der Waals surface area contributed by atoms with Crippen LogP contribution in [0.1, 0.15) is 77.0 Å². The first-order valence-corrected chi connectivity index (χ1v) is 13.7. The number of aliphatic hydroxyl groups excluding tert-OH is 1. The zero-order chi connectivity index (χ0) is 24.6. The molecule has 35 heavy (non-hydrogen) atoms. The molecule has 5 saturated carbocycles. The average molecular weight is 517 g/mol. The molecule has 5 aliphatic carbocycles. The molecule has 6 fully saturated rings. The topological polar surface area (TPSA) is 106 Å². The van der Waals surface area contributed by atoms with E-state index in [1.807, 2.05) is 0 Å². The summed E-state index contributed by atoms with van der Waals surface area (Å²) in [5.41, 5.74) is -1.22. The SMILES string of the molecule is O=C(COC1CCC(Cl)C(F)C1)NC12CCC(NC(=O)C3COC4CCCCC4O3)(CC1)[C@H](O)C2. The van der Waals surface area contributed by atoms with Crippen LogP contribution in [0.25, 0.3) is 0 Å². The van der Waals surface area contributed by atoms with Gasteiger partial charge in [0.05, 0.1) is 41.9 Å². The minimum atomic E-state index is -1.11. The fourth-order valence-corrected chi connectivity index (χ4v) is 6.94. The predicted octanol–water partition coefficient (Wildman–Crippen LogP) is 2.28. The standard InChI is InChI=1S/C25H38ClFN2O6/c26-16-6-5-15(11-17(16)27)33-14-22(31)28-24-7-9-25(10-8-24,21(30)12-24)29-23(32)20-13-34-18-3-1-2-4-19(18)35-20/h15-21,30H,1-14H2,(H,28,31)(H,29,32)/t15?,16?,17?,18?,19?,20?,21-,24?,25?/m1/s1. The molecule has 3 N–H and O–H groups in total. The molecule has 0 aromatic carbocycles. The van der Waals surface area contributed by atoms with Crippen molar-refractivity contribution in [1.29, 1.82) is 0 Å². The Morgan fingerprint density at radius 2 is 1.80 bits per heavy atom. The van der Waals surface area contributed by atoms with Crippen LogP contribution >= 0.6 is 11.6 Å². The van der Waals surface area contributed by atoms with E-state index in [4.69, 9.17) is 25.8 Å². The summed E-state index contributed by atoms with van der Waals surface area (Å²) in [4.78, 5) is 25.7. The van der Waals surface area contributed by atoms with Crippen molar-refractivity contribution in [3.63, 3.8) is 0 Å². The van der Waals surface area contributed by atoms with Crippen molar-refractivity contribution in [2.45, 2.75) is 130 Å². The first-order chi connectivity index (χ1) is 16.8. The van der Waals surface area contributed by atoms with Crippen LogP contribution in [0.5, 0.6) is 0 Å². The van der Waals surface area contributed by atoms with Crippen LogP contribution in [0, 0.1) is 0 Å². The zero-order valence-corrected chi connectivity index (χ0v) is 20.9. The molecule has 2 amide bonds. The number of carbonyl (C=O) groups excluding carboxylic acids is 2. The molecule has 1 heterocycles. The molecule has 6 rings (SSSR count). The number of fused-ring (bicyclic) bond motifs is 4. The van der Waals surface area contributed by atoms with Crippen molar-refractivity contribution in [2.24, 2.45) is 0 Å². The van der Waals surface area contributed by atoms with Crippen molar-refractivity contribution in [3.05, 3.63) is 0 Å². The van der Waals surface area contributed by atoms with Crippen LogP contribution in [0.2, 0.25) is 0 Å². The summed E-state index contributed by atoms with van der Waals surface area (Å²) in [6.07, 6.45) is 5.57. The maximum atomic E-state index is 13.8. The van der Waals surface area contributed by atoms with Gasteiger partial charge in [-0.15, -0.1) is 11.6 Å². The molecule has 0 spiro atoms. The second kappa shape index (κ2) is 10.4. The summed E-state index contributed by atoms with van der Waals surface area (Å²) < 4.78 is 31.5. The Labute approximate surface area is 210 Å². The highest BCUT2D eigenvalue weighted by Crippen LogP contribution is 2.47. The van der Waals surface area contributed by atoms with Gasteiger partial charge in [0.2, 0.25) is 5.91 Å². The molecule has 6 aliphatic rings. The minimum Gasteiger partial charge on any atom is -0.391 e. The van der Waals surface area contributed by atoms with Crippen molar-refractivity contribution < 1.29 is 33.3 Å². The molecule has 0 aromatic rings. The lowest BCUT2D eigenvalue weighted by molar-refractivity contribution is -0.198. The quantitative estimate of drug-likeness (QED) is 0.468. The van der Waals surface area contributed by atoms with E-state index in [9.17, 15) is 19.1 Å². The van der Waals surface area contributed by atoms with Gasteiger partial charge in [-0.2, -0.15) is 0 Å². The third-order valence-electron chi connectivity index (χ3n) is 8.93. The fourth-order valence-electron chi connectivity index (χ4n) is 6.71. The molecule has 0 aromatic heterocycles. The largest absolute Gasteiger partial charge is 0.391 e. The van der Waals surface area contributed by atoms with Crippen LogP contribution in [0.4, 0.5) is 4.39 Å². The van der Waals surface area contributed by atoms with E-state index < -0.39 is 34.8 Å². The van der Waals surface area contributed by atoms with E-state index >= 15 is 0 Å². The molecule has 6 unspecified atom stereocenters. The van der Waals surface area contributed by atoms with Gasteiger partial charge in [-0.1, -0.05) is 12.8 Å². The van der Waals surface area contributed by atoms with Crippen LogP contribution in [0.15, 0.2) is 0 Å². The molecule has 2 bridgehead atoms. The number of aliphatic hydroxyl groups is 1. The second-order valence-electron chi connectivity index (χ2n) is 11.3. The third kappa shape index (κ3) is 5.49. The molecular weight excluding hydrogens is 479 g/mol. The van der Waals surface area contributed by atoms with Crippen LogP contribution < -0.4 is 10.6 Å². The summed E-state index contributed by atoms with van der Waals surface area (Å²) in [5, 5.41) is 16.7. The average Bonchev–Trinajstić information content (AvgIpc) is 2.85. The van der Waals surface area contributed by atoms with E-state index in [1.54, 1.807) is 0 Å². The van der Waals surface area contributed by atoms with Gasteiger partial charge in [-0.3, -0.25) is 9.59 Å². The minimum absolute atomic E-state index is 0.0285. The number of alkyl halides is 2. The maximum Gasteiger partial charge on any atom is 0.252 e. The Kier molecular flexibility index (Phi) is 7.62. The number of rotatable bonds is 6. The van der Waals surface area contributed by atoms with Gasteiger partial charge in [0.1, 0.15) is 12.8 Å².